The maximum absolute atomic E-state index is 11.7. The monoisotopic (exact) mass is 384 g/mol. The van der Waals surface area contributed by atoms with Gasteiger partial charge in [-0.3, -0.25) is 20.4 Å². The summed E-state index contributed by atoms with van der Waals surface area (Å²) in [6.45, 7) is -0.223. The number of thioether (sulfide) groups is 1. The van der Waals surface area contributed by atoms with E-state index in [-0.39, 0.29) is 18.3 Å². The fourth-order valence-electron chi connectivity index (χ4n) is 1.60. The van der Waals surface area contributed by atoms with E-state index in [4.69, 9.17) is 27.9 Å². The summed E-state index contributed by atoms with van der Waals surface area (Å²) in [5, 5.41) is 1.16. The van der Waals surface area contributed by atoms with Crippen molar-refractivity contribution in [3.8, 4) is 5.75 Å². The molecule has 0 bridgehead atoms. The third-order valence-electron chi connectivity index (χ3n) is 2.72. The number of hydrogen-bond donors (Lipinski definition) is 2. The molecule has 0 fully saturated rings. The average Bonchev–Trinajstić information content (AvgIpc) is 2.58. The molecular formula is C16H14Cl2N2O3S. The number of amides is 2. The van der Waals surface area contributed by atoms with E-state index in [1.54, 1.807) is 30.3 Å². The van der Waals surface area contributed by atoms with E-state index in [0.29, 0.717) is 15.8 Å². The van der Waals surface area contributed by atoms with Crippen molar-refractivity contribution in [2.75, 3.05) is 12.4 Å². The van der Waals surface area contributed by atoms with Gasteiger partial charge in [0.15, 0.2) is 6.61 Å². The quantitative estimate of drug-likeness (QED) is 0.592. The highest BCUT2D eigenvalue weighted by Gasteiger charge is 2.07. The van der Waals surface area contributed by atoms with Crippen molar-refractivity contribution in [3.63, 3.8) is 0 Å². The molecule has 2 aromatic rings. The third-order valence-corrected chi connectivity index (χ3v) is 4.49. The minimum absolute atomic E-state index is 0.127. The van der Waals surface area contributed by atoms with Crippen LogP contribution in [0.3, 0.4) is 0 Å². The molecule has 5 nitrogen and oxygen atoms in total. The van der Waals surface area contributed by atoms with Gasteiger partial charge in [-0.1, -0.05) is 35.3 Å². The van der Waals surface area contributed by atoms with E-state index in [0.717, 1.165) is 4.90 Å². The smallest absolute Gasteiger partial charge is 0.276 e. The molecule has 24 heavy (non-hydrogen) atoms. The lowest BCUT2D eigenvalue weighted by atomic mass is 10.3. The zero-order valence-electron chi connectivity index (χ0n) is 12.4. The largest absolute Gasteiger partial charge is 0.484 e. The third kappa shape index (κ3) is 6.31. The van der Waals surface area contributed by atoms with E-state index in [1.807, 2.05) is 18.2 Å². The molecule has 8 heteroatoms. The average molecular weight is 385 g/mol. The molecule has 0 aliphatic rings. The summed E-state index contributed by atoms with van der Waals surface area (Å²) in [5.41, 5.74) is 4.59. The van der Waals surface area contributed by atoms with Crippen LogP contribution < -0.4 is 15.6 Å². The van der Waals surface area contributed by atoms with Gasteiger partial charge in [0, 0.05) is 9.92 Å². The Labute approximate surface area is 153 Å². The molecule has 0 aliphatic carbocycles. The van der Waals surface area contributed by atoms with Crippen LogP contribution >= 0.6 is 35.0 Å². The highest BCUT2D eigenvalue weighted by Crippen LogP contribution is 2.26. The summed E-state index contributed by atoms with van der Waals surface area (Å²) in [6.07, 6.45) is 0. The minimum Gasteiger partial charge on any atom is -0.484 e. The van der Waals surface area contributed by atoms with Crippen molar-refractivity contribution in [1.29, 1.82) is 0 Å². The highest BCUT2D eigenvalue weighted by atomic mass is 35.5. The van der Waals surface area contributed by atoms with E-state index in [9.17, 15) is 9.59 Å². The van der Waals surface area contributed by atoms with Gasteiger partial charge >= 0.3 is 0 Å². The summed E-state index contributed by atoms with van der Waals surface area (Å²) in [5.74, 6) is -0.182. The second kappa shape index (κ2) is 9.42. The van der Waals surface area contributed by atoms with Crippen molar-refractivity contribution < 1.29 is 14.3 Å². The van der Waals surface area contributed by atoms with Crippen LogP contribution in [-0.4, -0.2) is 24.2 Å². The zero-order chi connectivity index (χ0) is 17.4. The molecule has 0 unspecified atom stereocenters. The van der Waals surface area contributed by atoms with Gasteiger partial charge in [-0.15, -0.1) is 11.8 Å². The molecule has 0 saturated heterocycles. The number of carbonyl (C=O) groups is 2. The van der Waals surface area contributed by atoms with Crippen LogP contribution in [0, 0.1) is 0 Å². The number of ether oxygens (including phenoxy) is 1. The maximum Gasteiger partial charge on any atom is 0.276 e. The van der Waals surface area contributed by atoms with Gasteiger partial charge in [0.2, 0.25) is 5.91 Å². The lowest BCUT2D eigenvalue weighted by Crippen LogP contribution is -2.44. The highest BCUT2D eigenvalue weighted by molar-refractivity contribution is 8.00. The number of hydrogen-bond acceptors (Lipinski definition) is 4. The summed E-state index contributed by atoms with van der Waals surface area (Å²) < 4.78 is 5.26. The lowest BCUT2D eigenvalue weighted by molar-refractivity contribution is -0.128. The SMILES string of the molecule is O=C(COc1ccc(Cl)cc1)NNC(=O)CSc1ccccc1Cl. The van der Waals surface area contributed by atoms with Crippen molar-refractivity contribution in [1.82, 2.24) is 10.9 Å². The van der Waals surface area contributed by atoms with Gasteiger partial charge in [-0.25, -0.2) is 0 Å². The van der Waals surface area contributed by atoms with Gasteiger partial charge in [-0.05, 0) is 36.4 Å². The van der Waals surface area contributed by atoms with Crippen molar-refractivity contribution in [2.24, 2.45) is 0 Å². The fourth-order valence-corrected chi connectivity index (χ4v) is 2.76. The Morgan fingerprint density at radius 3 is 2.33 bits per heavy atom. The first kappa shape index (κ1) is 18.4. The summed E-state index contributed by atoms with van der Waals surface area (Å²) in [4.78, 5) is 24.1. The van der Waals surface area contributed by atoms with Crippen molar-refractivity contribution in [2.45, 2.75) is 4.90 Å². The lowest BCUT2D eigenvalue weighted by Gasteiger charge is -2.09. The number of nitrogens with one attached hydrogen (secondary N) is 2. The van der Waals surface area contributed by atoms with E-state index >= 15 is 0 Å². The molecule has 0 atom stereocenters. The standard InChI is InChI=1S/C16H14Cl2N2O3S/c17-11-5-7-12(8-6-11)23-9-15(21)19-20-16(22)10-24-14-4-2-1-3-13(14)18/h1-8H,9-10H2,(H,19,21)(H,20,22). The Morgan fingerprint density at radius 2 is 1.62 bits per heavy atom. The number of rotatable bonds is 6. The first-order valence-corrected chi connectivity index (χ1v) is 8.62. The van der Waals surface area contributed by atoms with Gasteiger partial charge in [-0.2, -0.15) is 0 Å². The maximum atomic E-state index is 11.7. The predicted octanol–water partition coefficient (Wildman–Crippen LogP) is 3.31. The van der Waals surface area contributed by atoms with Crippen LogP contribution in [0.5, 0.6) is 5.75 Å². The molecule has 0 radical (unpaired) electrons. The molecule has 0 spiro atoms. The second-order valence-corrected chi connectivity index (χ2v) is 6.42. The Bertz CT molecular complexity index is 711. The van der Waals surface area contributed by atoms with Crippen LogP contribution in [-0.2, 0) is 9.59 Å². The molecule has 2 amide bonds. The Morgan fingerprint density at radius 1 is 0.958 bits per heavy atom. The first-order valence-electron chi connectivity index (χ1n) is 6.88. The summed E-state index contributed by atoms with van der Waals surface area (Å²) in [7, 11) is 0. The van der Waals surface area contributed by atoms with Crippen LogP contribution in [0.2, 0.25) is 10.0 Å². The van der Waals surface area contributed by atoms with Gasteiger partial charge in [0.05, 0.1) is 10.8 Å². The van der Waals surface area contributed by atoms with E-state index in [2.05, 4.69) is 10.9 Å². The first-order chi connectivity index (χ1) is 11.5. The van der Waals surface area contributed by atoms with Crippen LogP contribution in [0.4, 0.5) is 0 Å². The van der Waals surface area contributed by atoms with Crippen LogP contribution in [0.1, 0.15) is 0 Å². The molecule has 0 aromatic heterocycles. The number of halogens is 2. The molecule has 0 heterocycles. The number of hydrazine groups is 1. The topological polar surface area (TPSA) is 67.4 Å². The predicted molar refractivity (Wildman–Crippen MR) is 95.4 cm³/mol. The Balaban J connectivity index is 1.66. The normalized spacial score (nSPS) is 10.1. The van der Waals surface area contributed by atoms with Crippen LogP contribution in [0.25, 0.3) is 0 Å². The second-order valence-electron chi connectivity index (χ2n) is 4.56. The molecule has 0 aliphatic heterocycles. The molecule has 2 N–H and O–H groups in total. The number of benzene rings is 2. The van der Waals surface area contributed by atoms with Crippen molar-refractivity contribution >= 4 is 46.8 Å². The molecule has 0 saturated carbocycles. The molecular weight excluding hydrogens is 371 g/mol. The minimum atomic E-state index is -0.471. The van der Waals surface area contributed by atoms with Gasteiger partial charge in [0.1, 0.15) is 5.75 Å². The van der Waals surface area contributed by atoms with E-state index < -0.39 is 5.91 Å². The Hall–Kier alpha value is -1.89. The van der Waals surface area contributed by atoms with Crippen molar-refractivity contribution in [3.05, 3.63) is 58.6 Å². The molecule has 126 valence electrons. The Kier molecular flexibility index (Phi) is 7.24. The zero-order valence-corrected chi connectivity index (χ0v) is 14.8. The molecule has 2 aromatic carbocycles. The van der Waals surface area contributed by atoms with Gasteiger partial charge in [0.25, 0.3) is 5.91 Å². The number of carbonyl (C=O) groups excluding carboxylic acids is 2. The van der Waals surface area contributed by atoms with Crippen LogP contribution in [0.15, 0.2) is 53.4 Å². The van der Waals surface area contributed by atoms with Gasteiger partial charge < -0.3 is 4.74 Å². The molecule has 2 rings (SSSR count). The summed E-state index contributed by atoms with van der Waals surface area (Å²) in [6, 6.07) is 13.8. The summed E-state index contributed by atoms with van der Waals surface area (Å²) >= 11 is 13.0. The van der Waals surface area contributed by atoms with E-state index in [1.165, 1.54) is 11.8 Å². The fraction of sp³-hybridized carbons (Fsp3) is 0.125.